The maximum atomic E-state index is 12.8. The summed E-state index contributed by atoms with van der Waals surface area (Å²) in [6, 6.07) is 17.2. The largest absolute Gasteiger partial charge is 0.481 e. The molecule has 1 N–H and O–H groups in total. The number of benzene rings is 2. The average Bonchev–Trinajstić information content (AvgIpc) is 2.67. The Bertz CT molecular complexity index is 757. The van der Waals surface area contributed by atoms with Crippen molar-refractivity contribution in [3.05, 3.63) is 70.2 Å². The Hall–Kier alpha value is -2.14. The first-order chi connectivity index (χ1) is 12.6. The number of rotatable bonds is 5. The zero-order chi connectivity index (χ0) is 18.5. The minimum atomic E-state index is -0.923. The highest BCUT2D eigenvalue weighted by Crippen LogP contribution is 2.42. The molecule has 0 bridgehead atoms. The fourth-order valence-electron chi connectivity index (χ4n) is 3.71. The van der Waals surface area contributed by atoms with Crippen LogP contribution in [0.3, 0.4) is 0 Å². The van der Waals surface area contributed by atoms with Crippen LogP contribution in [0.1, 0.15) is 36.3 Å². The first kappa shape index (κ1) is 18.6. The molecule has 3 atom stereocenters. The smallest absolute Gasteiger partial charge is 0.310 e. The number of esters is 1. The lowest BCUT2D eigenvalue weighted by molar-refractivity contribution is -0.161. The van der Waals surface area contributed by atoms with Crippen molar-refractivity contribution in [1.82, 2.24) is 0 Å². The summed E-state index contributed by atoms with van der Waals surface area (Å²) in [5, 5.41) is 9.64. The van der Waals surface area contributed by atoms with Crippen molar-refractivity contribution in [2.24, 2.45) is 11.8 Å². The van der Waals surface area contributed by atoms with Gasteiger partial charge in [-0.1, -0.05) is 64.8 Å². The van der Waals surface area contributed by atoms with Gasteiger partial charge in [0.15, 0.2) is 0 Å². The van der Waals surface area contributed by atoms with Crippen LogP contribution >= 0.6 is 15.9 Å². The van der Waals surface area contributed by atoms with Gasteiger partial charge in [0, 0.05) is 4.47 Å². The summed E-state index contributed by atoms with van der Waals surface area (Å²) in [5.41, 5.74) is 1.88. The van der Waals surface area contributed by atoms with Crippen molar-refractivity contribution in [1.29, 1.82) is 0 Å². The Balaban J connectivity index is 1.82. The number of carbonyl (C=O) groups is 2. The predicted octanol–water partition coefficient (Wildman–Crippen LogP) is 4.78. The van der Waals surface area contributed by atoms with Crippen LogP contribution in [0, 0.1) is 11.8 Å². The molecule has 3 rings (SSSR count). The molecule has 1 aliphatic rings. The van der Waals surface area contributed by atoms with E-state index < -0.39 is 23.8 Å². The SMILES string of the molecule is O=C(O)C1CCC[C@H](c2ccc(Br)cc2)C1C(=O)OCc1ccccc1. The molecule has 0 spiro atoms. The molecular weight excluding hydrogens is 396 g/mol. The van der Waals surface area contributed by atoms with Gasteiger partial charge < -0.3 is 9.84 Å². The van der Waals surface area contributed by atoms with E-state index in [1.165, 1.54) is 0 Å². The van der Waals surface area contributed by atoms with Crippen LogP contribution in [0.5, 0.6) is 0 Å². The van der Waals surface area contributed by atoms with Gasteiger partial charge in [0.2, 0.25) is 0 Å². The lowest BCUT2D eigenvalue weighted by atomic mass is 9.69. The minimum absolute atomic E-state index is 0.138. The molecule has 0 saturated heterocycles. The number of hydrogen-bond donors (Lipinski definition) is 1. The molecule has 0 amide bonds. The molecule has 1 fully saturated rings. The van der Waals surface area contributed by atoms with Gasteiger partial charge in [0.25, 0.3) is 0 Å². The Morgan fingerprint density at radius 2 is 1.73 bits per heavy atom. The van der Waals surface area contributed by atoms with E-state index in [2.05, 4.69) is 15.9 Å². The minimum Gasteiger partial charge on any atom is -0.481 e. The predicted molar refractivity (Wildman–Crippen MR) is 102 cm³/mol. The van der Waals surface area contributed by atoms with E-state index in [0.29, 0.717) is 6.42 Å². The summed E-state index contributed by atoms with van der Waals surface area (Å²) in [4.78, 5) is 24.6. The Kier molecular flexibility index (Phi) is 6.09. The Labute approximate surface area is 161 Å². The number of carboxylic acids is 1. The summed E-state index contributed by atoms with van der Waals surface area (Å²) in [5.74, 6) is -2.85. The van der Waals surface area contributed by atoms with Gasteiger partial charge in [-0.3, -0.25) is 9.59 Å². The molecule has 1 aliphatic carbocycles. The monoisotopic (exact) mass is 416 g/mol. The van der Waals surface area contributed by atoms with Crippen molar-refractivity contribution >= 4 is 27.9 Å². The summed E-state index contributed by atoms with van der Waals surface area (Å²) < 4.78 is 6.47. The summed E-state index contributed by atoms with van der Waals surface area (Å²) >= 11 is 3.41. The first-order valence-corrected chi connectivity index (χ1v) is 9.54. The Morgan fingerprint density at radius 1 is 1.04 bits per heavy atom. The number of ether oxygens (including phenoxy) is 1. The fraction of sp³-hybridized carbons (Fsp3) is 0.333. The van der Waals surface area contributed by atoms with Crippen LogP contribution in [-0.4, -0.2) is 17.0 Å². The molecule has 0 aliphatic heterocycles. The van der Waals surface area contributed by atoms with Crippen LogP contribution in [0.2, 0.25) is 0 Å². The highest BCUT2D eigenvalue weighted by atomic mass is 79.9. The molecule has 4 nitrogen and oxygen atoms in total. The standard InChI is InChI=1S/C21H21BrO4/c22-16-11-9-15(10-12-16)17-7-4-8-18(20(23)24)19(17)21(25)26-13-14-5-2-1-3-6-14/h1-3,5-6,9-12,17-19H,4,7-8,13H2,(H,23,24)/t17-,18?,19?/m1/s1. The molecule has 136 valence electrons. The van der Waals surface area contributed by atoms with Gasteiger partial charge in [0.05, 0.1) is 11.8 Å². The maximum Gasteiger partial charge on any atom is 0.310 e. The molecule has 5 heteroatoms. The van der Waals surface area contributed by atoms with E-state index in [4.69, 9.17) is 4.74 Å². The van der Waals surface area contributed by atoms with E-state index in [1.807, 2.05) is 54.6 Å². The van der Waals surface area contributed by atoms with Crippen LogP contribution in [0.4, 0.5) is 0 Å². The first-order valence-electron chi connectivity index (χ1n) is 8.75. The number of carboxylic acid groups (broad SMARTS) is 1. The molecule has 26 heavy (non-hydrogen) atoms. The summed E-state index contributed by atoms with van der Waals surface area (Å²) in [7, 11) is 0. The highest BCUT2D eigenvalue weighted by Gasteiger charge is 2.43. The molecule has 0 aromatic heterocycles. The molecule has 2 aromatic rings. The Morgan fingerprint density at radius 3 is 2.38 bits per heavy atom. The summed E-state index contributed by atoms with van der Waals surface area (Å²) in [6.45, 7) is 0.162. The van der Waals surface area contributed by atoms with Crippen molar-refractivity contribution in [3.63, 3.8) is 0 Å². The quantitative estimate of drug-likeness (QED) is 0.712. The lowest BCUT2D eigenvalue weighted by Crippen LogP contribution is -2.38. The molecule has 2 unspecified atom stereocenters. The molecule has 1 saturated carbocycles. The number of aliphatic carboxylic acids is 1. The van der Waals surface area contributed by atoms with Crippen molar-refractivity contribution in [2.75, 3.05) is 0 Å². The number of halogens is 1. The number of hydrogen-bond acceptors (Lipinski definition) is 3. The van der Waals surface area contributed by atoms with Gasteiger partial charge in [-0.2, -0.15) is 0 Å². The van der Waals surface area contributed by atoms with Crippen LogP contribution in [0.15, 0.2) is 59.1 Å². The van der Waals surface area contributed by atoms with E-state index in [9.17, 15) is 14.7 Å². The topological polar surface area (TPSA) is 63.6 Å². The van der Waals surface area contributed by atoms with E-state index in [-0.39, 0.29) is 12.5 Å². The third-order valence-electron chi connectivity index (χ3n) is 5.01. The van der Waals surface area contributed by atoms with Gasteiger partial charge in [-0.15, -0.1) is 0 Å². The zero-order valence-corrected chi connectivity index (χ0v) is 15.9. The van der Waals surface area contributed by atoms with Crippen LogP contribution in [-0.2, 0) is 20.9 Å². The van der Waals surface area contributed by atoms with Crippen molar-refractivity contribution < 1.29 is 19.4 Å². The maximum absolute atomic E-state index is 12.8. The molecule has 0 heterocycles. The molecule has 2 aromatic carbocycles. The highest BCUT2D eigenvalue weighted by molar-refractivity contribution is 9.10. The van der Waals surface area contributed by atoms with Gasteiger partial charge >= 0.3 is 11.9 Å². The van der Waals surface area contributed by atoms with Crippen LogP contribution in [0.25, 0.3) is 0 Å². The van der Waals surface area contributed by atoms with Crippen molar-refractivity contribution in [2.45, 2.75) is 31.8 Å². The van der Waals surface area contributed by atoms with Gasteiger partial charge in [0.1, 0.15) is 6.61 Å². The third kappa shape index (κ3) is 4.33. The normalized spacial score (nSPS) is 22.6. The van der Waals surface area contributed by atoms with E-state index in [0.717, 1.165) is 28.4 Å². The summed E-state index contributed by atoms with van der Waals surface area (Å²) in [6.07, 6.45) is 2.09. The fourth-order valence-corrected chi connectivity index (χ4v) is 3.98. The van der Waals surface area contributed by atoms with Gasteiger partial charge in [-0.05, 0) is 42.0 Å². The second-order valence-electron chi connectivity index (χ2n) is 6.65. The molecular formula is C21H21BrO4. The van der Waals surface area contributed by atoms with E-state index in [1.54, 1.807) is 0 Å². The van der Waals surface area contributed by atoms with Crippen LogP contribution < -0.4 is 0 Å². The average molecular weight is 417 g/mol. The van der Waals surface area contributed by atoms with E-state index >= 15 is 0 Å². The zero-order valence-electron chi connectivity index (χ0n) is 14.3. The van der Waals surface area contributed by atoms with Crippen molar-refractivity contribution in [3.8, 4) is 0 Å². The second-order valence-corrected chi connectivity index (χ2v) is 7.57. The third-order valence-corrected chi connectivity index (χ3v) is 5.54. The van der Waals surface area contributed by atoms with Gasteiger partial charge in [-0.25, -0.2) is 0 Å². The second kappa shape index (κ2) is 8.49. The lowest BCUT2D eigenvalue weighted by Gasteiger charge is -2.34. The number of carbonyl (C=O) groups excluding carboxylic acids is 1. The molecule has 0 radical (unpaired) electrons.